The Bertz CT molecular complexity index is 368. The van der Waals surface area contributed by atoms with E-state index in [0.717, 1.165) is 5.92 Å². The van der Waals surface area contributed by atoms with E-state index < -0.39 is 0 Å². The van der Waals surface area contributed by atoms with E-state index in [1.807, 2.05) is 11.3 Å². The summed E-state index contributed by atoms with van der Waals surface area (Å²) in [4.78, 5) is 4.82. The summed E-state index contributed by atoms with van der Waals surface area (Å²) in [6, 6.07) is 0. The van der Waals surface area contributed by atoms with Crippen molar-refractivity contribution in [2.75, 3.05) is 7.05 Å². The van der Waals surface area contributed by atoms with E-state index >= 15 is 0 Å². The minimum Gasteiger partial charge on any atom is -0.309 e. The lowest BCUT2D eigenvalue weighted by atomic mass is 9.77. The molecule has 0 saturated heterocycles. The van der Waals surface area contributed by atoms with E-state index in [0.29, 0.717) is 5.92 Å². The lowest BCUT2D eigenvalue weighted by Crippen LogP contribution is -2.39. The molecule has 2 rings (SSSR count). The van der Waals surface area contributed by atoms with Gasteiger partial charge in [0.1, 0.15) is 5.01 Å². The van der Waals surface area contributed by atoms with Gasteiger partial charge in [0, 0.05) is 5.38 Å². The number of nitrogens with zero attached hydrogens (tertiary/aromatic N) is 1. The lowest BCUT2D eigenvalue weighted by molar-refractivity contribution is 0.211. The molecular formula is C14H24N2S. The molecular weight excluding hydrogens is 228 g/mol. The van der Waals surface area contributed by atoms with E-state index in [9.17, 15) is 0 Å². The van der Waals surface area contributed by atoms with Crippen LogP contribution in [0.5, 0.6) is 0 Å². The summed E-state index contributed by atoms with van der Waals surface area (Å²) in [6.07, 6.45) is 5.45. The Morgan fingerprint density at radius 1 is 1.53 bits per heavy atom. The summed E-state index contributed by atoms with van der Waals surface area (Å²) in [5, 5.41) is 6.97. The topological polar surface area (TPSA) is 24.9 Å². The molecule has 1 aliphatic carbocycles. The van der Waals surface area contributed by atoms with Crippen LogP contribution in [0.1, 0.15) is 63.1 Å². The minimum absolute atomic E-state index is 0.0723. The van der Waals surface area contributed by atoms with Gasteiger partial charge in [-0.05, 0) is 32.2 Å². The zero-order valence-electron chi connectivity index (χ0n) is 11.4. The Labute approximate surface area is 109 Å². The molecule has 0 aliphatic heterocycles. The largest absolute Gasteiger partial charge is 0.309 e. The number of rotatable bonds is 5. The average molecular weight is 252 g/mol. The van der Waals surface area contributed by atoms with E-state index in [1.165, 1.54) is 36.4 Å². The highest BCUT2D eigenvalue weighted by Gasteiger charge is 2.33. The van der Waals surface area contributed by atoms with Crippen molar-refractivity contribution in [2.45, 2.75) is 57.9 Å². The van der Waals surface area contributed by atoms with E-state index in [4.69, 9.17) is 4.98 Å². The van der Waals surface area contributed by atoms with Crippen LogP contribution in [0, 0.1) is 5.92 Å². The zero-order chi connectivity index (χ0) is 12.5. The van der Waals surface area contributed by atoms with Gasteiger partial charge in [-0.2, -0.15) is 0 Å². The molecule has 1 aromatic rings. The first-order valence-electron chi connectivity index (χ1n) is 6.70. The molecule has 1 aromatic heterocycles. The fraction of sp³-hybridized carbons (Fsp3) is 0.786. The quantitative estimate of drug-likeness (QED) is 0.860. The van der Waals surface area contributed by atoms with Gasteiger partial charge in [-0.3, -0.25) is 0 Å². The number of nitrogens with one attached hydrogen (secondary N) is 1. The summed E-state index contributed by atoms with van der Waals surface area (Å²) < 4.78 is 0. The van der Waals surface area contributed by atoms with Crippen LogP contribution in [-0.4, -0.2) is 12.0 Å². The normalized spacial score (nSPS) is 20.3. The Morgan fingerprint density at radius 3 is 2.65 bits per heavy atom. The molecule has 0 spiro atoms. The van der Waals surface area contributed by atoms with Crippen LogP contribution in [0.3, 0.4) is 0 Å². The molecule has 96 valence electrons. The van der Waals surface area contributed by atoms with Crippen molar-refractivity contribution >= 4 is 11.3 Å². The minimum atomic E-state index is 0.0723. The summed E-state index contributed by atoms with van der Waals surface area (Å²) in [7, 11) is 2.06. The van der Waals surface area contributed by atoms with Crippen LogP contribution in [0.15, 0.2) is 5.38 Å². The van der Waals surface area contributed by atoms with Crippen molar-refractivity contribution in [3.05, 3.63) is 16.1 Å². The smallest absolute Gasteiger partial charge is 0.113 e. The molecule has 1 saturated carbocycles. The first kappa shape index (κ1) is 13.0. The van der Waals surface area contributed by atoms with Gasteiger partial charge < -0.3 is 5.32 Å². The van der Waals surface area contributed by atoms with Crippen LogP contribution < -0.4 is 5.32 Å². The third-order valence-corrected chi connectivity index (χ3v) is 5.18. The SMILES string of the molecule is CNC(C)(CC1CCC1)c1nc(C(C)C)cs1. The highest BCUT2D eigenvalue weighted by atomic mass is 32.1. The number of thiazole rings is 1. The lowest BCUT2D eigenvalue weighted by Gasteiger charge is -2.35. The first-order chi connectivity index (χ1) is 8.05. The van der Waals surface area contributed by atoms with Gasteiger partial charge in [0.2, 0.25) is 0 Å². The molecule has 2 nitrogen and oxygen atoms in total. The van der Waals surface area contributed by atoms with Crippen LogP contribution in [0.2, 0.25) is 0 Å². The molecule has 1 heterocycles. The molecule has 1 fully saturated rings. The van der Waals surface area contributed by atoms with Crippen molar-refractivity contribution in [1.29, 1.82) is 0 Å². The molecule has 1 aliphatic rings. The van der Waals surface area contributed by atoms with Gasteiger partial charge in [0.15, 0.2) is 0 Å². The summed E-state index contributed by atoms with van der Waals surface area (Å²) in [6.45, 7) is 6.72. The molecule has 0 bridgehead atoms. The number of hydrogen-bond acceptors (Lipinski definition) is 3. The summed E-state index contributed by atoms with van der Waals surface area (Å²) in [5.74, 6) is 1.43. The van der Waals surface area contributed by atoms with Gasteiger partial charge in [0.25, 0.3) is 0 Å². The molecule has 0 aromatic carbocycles. The van der Waals surface area contributed by atoms with Crippen molar-refractivity contribution in [1.82, 2.24) is 10.3 Å². The predicted molar refractivity (Wildman–Crippen MR) is 74.6 cm³/mol. The van der Waals surface area contributed by atoms with Gasteiger partial charge in [-0.15, -0.1) is 11.3 Å². The van der Waals surface area contributed by atoms with Crippen LogP contribution >= 0.6 is 11.3 Å². The second-order valence-corrected chi connectivity index (χ2v) is 6.67. The Morgan fingerprint density at radius 2 is 2.24 bits per heavy atom. The second kappa shape index (κ2) is 5.07. The van der Waals surface area contributed by atoms with Gasteiger partial charge in [-0.1, -0.05) is 33.1 Å². The molecule has 1 N–H and O–H groups in total. The van der Waals surface area contributed by atoms with Crippen molar-refractivity contribution in [3.63, 3.8) is 0 Å². The fourth-order valence-electron chi connectivity index (χ4n) is 2.38. The van der Waals surface area contributed by atoms with Crippen LogP contribution in [-0.2, 0) is 5.54 Å². The Kier molecular flexibility index (Phi) is 3.88. The average Bonchev–Trinajstić information content (AvgIpc) is 2.73. The number of hydrogen-bond donors (Lipinski definition) is 1. The Hall–Kier alpha value is -0.410. The van der Waals surface area contributed by atoms with E-state index in [2.05, 4.69) is 38.5 Å². The molecule has 1 atom stereocenters. The maximum atomic E-state index is 4.82. The van der Waals surface area contributed by atoms with Crippen molar-refractivity contribution < 1.29 is 0 Å². The molecule has 0 radical (unpaired) electrons. The maximum absolute atomic E-state index is 4.82. The van der Waals surface area contributed by atoms with Gasteiger partial charge >= 0.3 is 0 Å². The third kappa shape index (κ3) is 2.71. The highest BCUT2D eigenvalue weighted by Crippen LogP contribution is 2.39. The molecule has 0 amide bonds. The van der Waals surface area contributed by atoms with E-state index in [1.54, 1.807) is 0 Å². The summed E-state index contributed by atoms with van der Waals surface area (Å²) >= 11 is 1.81. The van der Waals surface area contributed by atoms with Crippen LogP contribution in [0.25, 0.3) is 0 Å². The molecule has 3 heteroatoms. The van der Waals surface area contributed by atoms with Gasteiger partial charge in [-0.25, -0.2) is 4.98 Å². The summed E-state index contributed by atoms with van der Waals surface area (Å²) in [5.41, 5.74) is 1.31. The third-order valence-electron chi connectivity index (χ3n) is 4.06. The first-order valence-corrected chi connectivity index (χ1v) is 7.58. The molecule has 1 unspecified atom stereocenters. The van der Waals surface area contributed by atoms with E-state index in [-0.39, 0.29) is 5.54 Å². The monoisotopic (exact) mass is 252 g/mol. The fourth-order valence-corrected chi connectivity index (χ4v) is 3.54. The number of aromatic nitrogens is 1. The van der Waals surface area contributed by atoms with Crippen LogP contribution in [0.4, 0.5) is 0 Å². The van der Waals surface area contributed by atoms with Crippen molar-refractivity contribution in [2.24, 2.45) is 5.92 Å². The van der Waals surface area contributed by atoms with Crippen molar-refractivity contribution in [3.8, 4) is 0 Å². The second-order valence-electron chi connectivity index (χ2n) is 5.82. The highest BCUT2D eigenvalue weighted by molar-refractivity contribution is 7.09. The molecule has 17 heavy (non-hydrogen) atoms. The predicted octanol–water partition coefficient (Wildman–Crippen LogP) is 3.89. The Balaban J connectivity index is 2.13. The maximum Gasteiger partial charge on any atom is 0.113 e. The standard InChI is InChI=1S/C14H24N2S/c1-10(2)12-9-17-13(16-12)14(3,15-4)8-11-6-5-7-11/h9-11,15H,5-8H2,1-4H3. The van der Waals surface area contributed by atoms with Gasteiger partial charge in [0.05, 0.1) is 11.2 Å². The zero-order valence-corrected chi connectivity index (χ0v) is 12.2.